The zero-order chi connectivity index (χ0) is 19.6. The number of rotatable bonds is 7. The highest BCUT2D eigenvalue weighted by Gasteiger charge is 2.32. The second-order valence-corrected chi connectivity index (χ2v) is 7.66. The number of nitrogen functional groups attached to an aromatic ring is 1. The molecule has 0 aromatic heterocycles. The highest BCUT2D eigenvalue weighted by molar-refractivity contribution is 6.30. The first-order chi connectivity index (χ1) is 12.9. The monoisotopic (exact) mass is 391 g/mol. The lowest BCUT2D eigenvalue weighted by Crippen LogP contribution is -2.55. The number of ether oxygens (including phenoxy) is 1. The van der Waals surface area contributed by atoms with Gasteiger partial charge < -0.3 is 15.8 Å². The van der Waals surface area contributed by atoms with Gasteiger partial charge in [-0.1, -0.05) is 30.7 Å². The Morgan fingerprint density at radius 2 is 2.00 bits per heavy atom. The van der Waals surface area contributed by atoms with Gasteiger partial charge in [0.2, 0.25) is 0 Å². The van der Waals surface area contributed by atoms with Gasteiger partial charge in [-0.2, -0.15) is 0 Å². The van der Waals surface area contributed by atoms with E-state index < -0.39 is 10.9 Å². The van der Waals surface area contributed by atoms with Crippen LogP contribution < -0.4 is 21.9 Å². The van der Waals surface area contributed by atoms with Gasteiger partial charge in [-0.3, -0.25) is 14.5 Å². The van der Waals surface area contributed by atoms with E-state index >= 15 is 0 Å². The van der Waals surface area contributed by atoms with E-state index in [4.69, 9.17) is 22.1 Å². The number of morpholine rings is 1. The number of nitrogens with zero attached hydrogens (tertiary/aromatic N) is 1. The Balaban J connectivity index is 1.62. The molecular weight excluding hydrogens is 366 g/mol. The molecule has 0 amide bonds. The molecule has 0 bridgehead atoms. The van der Waals surface area contributed by atoms with Gasteiger partial charge in [-0.25, -0.2) is 0 Å². The largest absolute Gasteiger partial charge is 0.394 e. The second kappa shape index (κ2) is 8.42. The summed E-state index contributed by atoms with van der Waals surface area (Å²) in [6.45, 7) is 6.22. The minimum absolute atomic E-state index is 0.0233. The molecule has 2 aromatic carbocycles. The van der Waals surface area contributed by atoms with E-state index in [-0.39, 0.29) is 23.5 Å². The summed E-state index contributed by atoms with van der Waals surface area (Å²) in [5.41, 5.74) is 5.91. The SMILES string of the molecule is CCC(C)N1C[C@H](CNc2c(N)c(=O)c2=O)OC[C@@H]1Cc1ccc(Cl)cc1. The molecular formula is C20H26ClN3O3. The van der Waals surface area contributed by atoms with Crippen LogP contribution in [-0.4, -0.2) is 42.8 Å². The van der Waals surface area contributed by atoms with Crippen LogP contribution in [0.4, 0.5) is 11.4 Å². The Kier molecular flexibility index (Phi) is 6.19. The lowest BCUT2D eigenvalue weighted by atomic mass is 10.0. The Morgan fingerprint density at radius 3 is 2.63 bits per heavy atom. The van der Waals surface area contributed by atoms with Gasteiger partial charge in [-0.15, -0.1) is 0 Å². The van der Waals surface area contributed by atoms with Crippen molar-refractivity contribution < 1.29 is 4.74 Å². The van der Waals surface area contributed by atoms with Crippen LogP contribution in [0.15, 0.2) is 33.9 Å². The molecule has 1 aliphatic rings. The summed E-state index contributed by atoms with van der Waals surface area (Å²) in [6.07, 6.45) is 1.87. The highest BCUT2D eigenvalue weighted by atomic mass is 35.5. The van der Waals surface area contributed by atoms with Crippen molar-refractivity contribution in [1.82, 2.24) is 4.90 Å². The van der Waals surface area contributed by atoms with Crippen LogP contribution in [0.2, 0.25) is 5.02 Å². The van der Waals surface area contributed by atoms with Crippen LogP contribution in [0.3, 0.4) is 0 Å². The topological polar surface area (TPSA) is 84.7 Å². The van der Waals surface area contributed by atoms with E-state index in [1.165, 1.54) is 5.56 Å². The van der Waals surface area contributed by atoms with Crippen molar-refractivity contribution in [3.63, 3.8) is 0 Å². The fraction of sp³-hybridized carbons (Fsp3) is 0.500. The van der Waals surface area contributed by atoms with Crippen molar-refractivity contribution in [3.05, 3.63) is 55.3 Å². The molecule has 1 aliphatic heterocycles. The van der Waals surface area contributed by atoms with Crippen LogP contribution in [0.5, 0.6) is 0 Å². The molecule has 3 atom stereocenters. The van der Waals surface area contributed by atoms with E-state index in [1.807, 2.05) is 12.1 Å². The number of benzene rings is 1. The van der Waals surface area contributed by atoms with Crippen molar-refractivity contribution in [2.45, 2.75) is 44.9 Å². The van der Waals surface area contributed by atoms with Crippen molar-refractivity contribution in [1.29, 1.82) is 0 Å². The molecule has 0 aliphatic carbocycles. The molecule has 1 saturated heterocycles. The lowest BCUT2D eigenvalue weighted by Gasteiger charge is -2.43. The van der Waals surface area contributed by atoms with Gasteiger partial charge >= 0.3 is 0 Å². The van der Waals surface area contributed by atoms with Crippen LogP contribution >= 0.6 is 11.6 Å². The van der Waals surface area contributed by atoms with Crippen molar-refractivity contribution >= 4 is 23.0 Å². The number of nitrogens with one attached hydrogen (secondary N) is 1. The minimum Gasteiger partial charge on any atom is -0.394 e. The Labute approximate surface area is 164 Å². The second-order valence-electron chi connectivity index (χ2n) is 7.22. The predicted octanol–water partition coefficient (Wildman–Crippen LogP) is 2.04. The number of hydrogen-bond donors (Lipinski definition) is 2. The quantitative estimate of drug-likeness (QED) is 0.702. The zero-order valence-corrected chi connectivity index (χ0v) is 16.5. The smallest absolute Gasteiger partial charge is 0.253 e. The average Bonchev–Trinajstić information content (AvgIpc) is 2.69. The van der Waals surface area contributed by atoms with E-state index in [2.05, 4.69) is 36.2 Å². The molecule has 2 aromatic rings. The fourth-order valence-electron chi connectivity index (χ4n) is 3.55. The van der Waals surface area contributed by atoms with Gasteiger partial charge in [0.15, 0.2) is 0 Å². The third-order valence-corrected chi connectivity index (χ3v) is 5.66. The average molecular weight is 392 g/mol. The molecule has 27 heavy (non-hydrogen) atoms. The summed E-state index contributed by atoms with van der Waals surface area (Å²) < 4.78 is 6.04. The standard InChI is InChI=1S/C20H26ClN3O3/c1-3-12(2)24-10-16(9-23-18-17(22)19(25)20(18)26)27-11-15(24)8-13-4-6-14(21)7-5-13/h4-7,12,15-16,23H,3,8-11,22H2,1-2H3/t12?,15-,16-/m0/s1. The first kappa shape index (κ1) is 19.9. The Hall–Kier alpha value is -1.89. The Morgan fingerprint density at radius 1 is 1.30 bits per heavy atom. The van der Waals surface area contributed by atoms with E-state index in [9.17, 15) is 9.59 Å². The van der Waals surface area contributed by atoms with Crippen molar-refractivity contribution in [2.24, 2.45) is 0 Å². The molecule has 0 saturated carbocycles. The maximum absolute atomic E-state index is 11.5. The summed E-state index contributed by atoms with van der Waals surface area (Å²) in [5.74, 6) is 0. The number of hydrogen-bond acceptors (Lipinski definition) is 6. The minimum atomic E-state index is -0.605. The highest BCUT2D eigenvalue weighted by Crippen LogP contribution is 2.22. The maximum atomic E-state index is 11.5. The van der Waals surface area contributed by atoms with Gasteiger partial charge in [0.25, 0.3) is 10.9 Å². The zero-order valence-electron chi connectivity index (χ0n) is 15.7. The van der Waals surface area contributed by atoms with Gasteiger partial charge in [0, 0.05) is 30.2 Å². The van der Waals surface area contributed by atoms with Crippen molar-refractivity contribution in [3.8, 4) is 0 Å². The Bertz CT molecular complexity index is 845. The molecule has 1 fully saturated rings. The number of nitrogens with two attached hydrogens (primary N) is 1. The van der Waals surface area contributed by atoms with Gasteiger partial charge in [0.05, 0.1) is 12.7 Å². The third kappa shape index (κ3) is 4.34. The molecule has 0 spiro atoms. The fourth-order valence-corrected chi connectivity index (χ4v) is 3.67. The van der Waals surface area contributed by atoms with Crippen LogP contribution in [0.1, 0.15) is 25.8 Å². The molecule has 3 rings (SSSR count). The third-order valence-electron chi connectivity index (χ3n) is 5.40. The molecule has 6 nitrogen and oxygen atoms in total. The van der Waals surface area contributed by atoms with E-state index in [0.29, 0.717) is 19.2 Å². The summed E-state index contributed by atoms with van der Waals surface area (Å²) in [7, 11) is 0. The summed E-state index contributed by atoms with van der Waals surface area (Å²) in [6, 6.07) is 8.64. The molecule has 1 unspecified atom stereocenters. The molecule has 146 valence electrons. The molecule has 7 heteroatoms. The predicted molar refractivity (Wildman–Crippen MR) is 109 cm³/mol. The first-order valence-electron chi connectivity index (χ1n) is 9.35. The summed E-state index contributed by atoms with van der Waals surface area (Å²) in [4.78, 5) is 25.2. The summed E-state index contributed by atoms with van der Waals surface area (Å²) >= 11 is 5.98. The number of anilines is 2. The van der Waals surface area contributed by atoms with Crippen LogP contribution in [0, 0.1) is 0 Å². The van der Waals surface area contributed by atoms with E-state index in [1.54, 1.807) is 0 Å². The maximum Gasteiger partial charge on any atom is 0.253 e. The van der Waals surface area contributed by atoms with Gasteiger partial charge in [-0.05, 0) is 37.5 Å². The number of halogens is 1. The molecule has 0 radical (unpaired) electrons. The van der Waals surface area contributed by atoms with Crippen LogP contribution in [0.25, 0.3) is 0 Å². The molecule has 3 N–H and O–H groups in total. The summed E-state index contributed by atoms with van der Waals surface area (Å²) in [5, 5.41) is 3.72. The first-order valence-corrected chi connectivity index (χ1v) is 9.73. The van der Waals surface area contributed by atoms with E-state index in [0.717, 1.165) is 24.4 Å². The van der Waals surface area contributed by atoms with Gasteiger partial charge in [0.1, 0.15) is 11.4 Å². The lowest BCUT2D eigenvalue weighted by molar-refractivity contribution is -0.0712. The normalized spacial score (nSPS) is 22.0. The molecule has 1 heterocycles. The van der Waals surface area contributed by atoms with Crippen molar-refractivity contribution in [2.75, 3.05) is 30.7 Å². The van der Waals surface area contributed by atoms with Crippen LogP contribution in [-0.2, 0) is 11.2 Å².